The summed E-state index contributed by atoms with van der Waals surface area (Å²) in [6, 6.07) is 29.3. The zero-order valence-electron chi connectivity index (χ0n) is 12.9. The van der Waals surface area contributed by atoms with Gasteiger partial charge in [0, 0.05) is 0 Å². The summed E-state index contributed by atoms with van der Waals surface area (Å²) in [7, 11) is 0. The van der Waals surface area contributed by atoms with Gasteiger partial charge in [-0.05, 0) is 0 Å². The van der Waals surface area contributed by atoms with Crippen LogP contribution < -0.4 is 0 Å². The van der Waals surface area contributed by atoms with Crippen LogP contribution in [0.15, 0.2) is 84.9 Å². The quantitative estimate of drug-likeness (QED) is 0.293. The molecule has 0 nitrogen and oxygen atoms in total. The van der Waals surface area contributed by atoms with E-state index in [-0.39, 0.29) is 0 Å². The predicted molar refractivity (Wildman–Crippen MR) is 95.9 cm³/mol. The third-order valence-electron chi connectivity index (χ3n) is 3.10. The summed E-state index contributed by atoms with van der Waals surface area (Å²) in [5.74, 6) is 0. The summed E-state index contributed by atoms with van der Waals surface area (Å²) in [6.45, 7) is 5.00. The fourth-order valence-corrected chi connectivity index (χ4v) is 2.14. The Hall–Kier alpha value is -1.56. The molecule has 0 unspecified atom stereocenters. The Morgan fingerprint density at radius 2 is 1.05 bits per heavy atom. The van der Waals surface area contributed by atoms with E-state index in [0.29, 0.717) is 0 Å². The van der Waals surface area contributed by atoms with Gasteiger partial charge in [-0.1, -0.05) is 12.1 Å². The second kappa shape index (κ2) is 11.1. The fraction of sp³-hybridized carbons (Fsp3) is 0.0500. The summed E-state index contributed by atoms with van der Waals surface area (Å²) in [5, 5.41) is 5.32. The third-order valence-corrected chi connectivity index (χ3v) is 3.10. The predicted octanol–water partition coefficient (Wildman–Crippen LogP) is 5.57. The normalized spacial score (nSPS) is 8.73. The van der Waals surface area contributed by atoms with Crippen molar-refractivity contribution in [1.29, 1.82) is 0 Å². The average Bonchev–Trinajstić information content (AvgIpc) is 3.28. The van der Waals surface area contributed by atoms with E-state index in [1.807, 2.05) is 0 Å². The molecule has 22 heavy (non-hydrogen) atoms. The van der Waals surface area contributed by atoms with Crippen molar-refractivity contribution in [3.63, 3.8) is 0 Å². The standard InChI is InChI=1S/2C9H7.C2H5.B.Ti/c2*1-2-5-9-7-3-6-8(9)4-1;1-2;;/h2*1-7H;1H2,2H3;;/q3*-1;;. The van der Waals surface area contributed by atoms with Crippen LogP contribution in [0.5, 0.6) is 0 Å². The van der Waals surface area contributed by atoms with Crippen LogP contribution in [0.1, 0.15) is 6.92 Å². The number of hydrogen-bond donors (Lipinski definition) is 0. The molecule has 0 saturated heterocycles. The zero-order chi connectivity index (χ0) is 16.2. The van der Waals surface area contributed by atoms with Crippen molar-refractivity contribution in [2.75, 3.05) is 0 Å². The van der Waals surface area contributed by atoms with Crippen LogP contribution in [0.4, 0.5) is 0 Å². The van der Waals surface area contributed by atoms with E-state index in [0.717, 1.165) is 0 Å². The smallest absolute Gasteiger partial charge is 0.0809 e. The maximum absolute atomic E-state index is 4.50. The summed E-state index contributed by atoms with van der Waals surface area (Å²) in [6.07, 6.45) is 0. The van der Waals surface area contributed by atoms with E-state index < -0.39 is 0 Å². The number of hydrogen-bond acceptors (Lipinski definition) is 0. The van der Waals surface area contributed by atoms with Crippen molar-refractivity contribution < 1.29 is 19.8 Å². The van der Waals surface area contributed by atoms with E-state index in [4.69, 9.17) is 0 Å². The van der Waals surface area contributed by atoms with Gasteiger partial charge in [0.15, 0.2) is 0 Å². The van der Waals surface area contributed by atoms with Crippen LogP contribution in [0.2, 0.25) is 0 Å². The molecule has 0 aliphatic heterocycles. The molecule has 0 aromatic heterocycles. The van der Waals surface area contributed by atoms with Gasteiger partial charge in [-0.15, -0.1) is 59.3 Å². The first-order valence-corrected chi connectivity index (χ1v) is 8.04. The summed E-state index contributed by atoms with van der Waals surface area (Å²) in [4.78, 5) is 0. The first-order valence-electron chi connectivity index (χ1n) is 7.14. The second-order valence-corrected chi connectivity index (χ2v) is 4.31. The number of benzene rings is 2. The van der Waals surface area contributed by atoms with E-state index in [1.165, 1.54) is 41.3 Å². The summed E-state index contributed by atoms with van der Waals surface area (Å²) >= 11 is 1.50. The molecular formula is C20H19BTi-3. The van der Waals surface area contributed by atoms with Crippen LogP contribution in [0.25, 0.3) is 21.5 Å². The molecule has 1 radical (unpaired) electrons. The Morgan fingerprint density at radius 3 is 1.41 bits per heavy atom. The van der Waals surface area contributed by atoms with Crippen LogP contribution >= 0.6 is 0 Å². The molecule has 0 heterocycles. The van der Waals surface area contributed by atoms with Gasteiger partial charge in [0.2, 0.25) is 0 Å². The molecule has 0 saturated carbocycles. The Kier molecular flexibility index (Phi) is 9.30. The molecule has 0 spiro atoms. The number of rotatable bonds is 0. The molecule has 4 aromatic rings. The minimum absolute atomic E-state index is 1.33. The number of fused-ring (bicyclic) bond motifs is 2. The van der Waals surface area contributed by atoms with Crippen molar-refractivity contribution in [2.24, 2.45) is 0 Å². The van der Waals surface area contributed by atoms with E-state index in [1.54, 1.807) is 6.92 Å². The van der Waals surface area contributed by atoms with Gasteiger partial charge in [0.1, 0.15) is 0 Å². The van der Waals surface area contributed by atoms with Crippen molar-refractivity contribution in [3.8, 4) is 0 Å². The SMILES string of the molecule is [B]=[Ti].[CH2-]C.c1ccc2[cH-]ccc2c1.c1ccc2[cH-]ccc2c1. The van der Waals surface area contributed by atoms with Gasteiger partial charge < -0.3 is 6.92 Å². The monoisotopic (exact) mass is 318 g/mol. The molecular weight excluding hydrogens is 299 g/mol. The van der Waals surface area contributed by atoms with Gasteiger partial charge in [0.05, 0.1) is 0 Å². The van der Waals surface area contributed by atoms with Gasteiger partial charge >= 0.3 is 25.3 Å². The van der Waals surface area contributed by atoms with Gasteiger partial charge in [-0.2, -0.15) is 42.0 Å². The van der Waals surface area contributed by atoms with E-state index in [2.05, 4.69) is 97.4 Å². The van der Waals surface area contributed by atoms with E-state index in [9.17, 15) is 0 Å². The minimum Gasteiger partial charge on any atom is -0.346 e. The topological polar surface area (TPSA) is 0 Å². The molecule has 0 amide bonds. The Morgan fingerprint density at radius 1 is 0.682 bits per heavy atom. The van der Waals surface area contributed by atoms with Crippen molar-refractivity contribution >= 4 is 27.1 Å². The fourth-order valence-electron chi connectivity index (χ4n) is 2.14. The molecule has 0 atom stereocenters. The van der Waals surface area contributed by atoms with Gasteiger partial charge in [-0.25, -0.2) is 0 Å². The van der Waals surface area contributed by atoms with E-state index >= 15 is 0 Å². The molecule has 0 aliphatic carbocycles. The molecule has 0 fully saturated rings. The van der Waals surface area contributed by atoms with Crippen LogP contribution in [-0.2, 0) is 19.8 Å². The summed E-state index contributed by atoms with van der Waals surface area (Å²) < 4.78 is 0. The first kappa shape index (κ1) is 18.5. The molecule has 4 aromatic carbocycles. The third kappa shape index (κ3) is 5.33. The average molecular weight is 318 g/mol. The largest absolute Gasteiger partial charge is 0.346 e. The van der Waals surface area contributed by atoms with Crippen LogP contribution in [0, 0.1) is 6.92 Å². The summed E-state index contributed by atoms with van der Waals surface area (Å²) in [5.41, 5.74) is 4.50. The minimum atomic E-state index is 1.33. The molecule has 0 bridgehead atoms. The van der Waals surface area contributed by atoms with Crippen molar-refractivity contribution in [3.05, 3.63) is 91.9 Å². The Balaban J connectivity index is 0.000000180. The molecule has 2 heteroatoms. The Bertz CT molecular complexity index is 641. The molecule has 0 N–H and O–H groups in total. The zero-order valence-corrected chi connectivity index (χ0v) is 14.4. The van der Waals surface area contributed by atoms with Crippen LogP contribution in [0.3, 0.4) is 0 Å². The Labute approximate surface area is 145 Å². The van der Waals surface area contributed by atoms with Crippen molar-refractivity contribution in [1.82, 2.24) is 0 Å². The van der Waals surface area contributed by atoms with Gasteiger partial charge in [-0.3, -0.25) is 0 Å². The maximum Gasteiger partial charge on any atom is -0.0809 e. The molecule has 109 valence electrons. The van der Waals surface area contributed by atoms with Crippen LogP contribution in [-0.4, -0.2) is 5.59 Å². The van der Waals surface area contributed by atoms with Gasteiger partial charge in [0.25, 0.3) is 0 Å². The maximum atomic E-state index is 4.50. The molecule has 4 rings (SSSR count). The second-order valence-electron chi connectivity index (χ2n) is 4.31. The molecule has 0 aliphatic rings. The first-order chi connectivity index (χ1) is 10.9. The van der Waals surface area contributed by atoms with Crippen molar-refractivity contribution in [2.45, 2.75) is 6.92 Å².